The summed E-state index contributed by atoms with van der Waals surface area (Å²) >= 11 is 0. The van der Waals surface area contributed by atoms with Gasteiger partial charge in [-0.05, 0) is 64.2 Å². The lowest BCUT2D eigenvalue weighted by Crippen LogP contribution is -2.53. The number of carbonyl (C=O) groups excluding carboxylic acids is 1. The van der Waals surface area contributed by atoms with Gasteiger partial charge in [0.15, 0.2) is 0 Å². The van der Waals surface area contributed by atoms with Gasteiger partial charge in [-0.3, -0.25) is 4.79 Å². The van der Waals surface area contributed by atoms with Crippen LogP contribution in [-0.4, -0.2) is 57.3 Å². The Balaban J connectivity index is 3.67. The van der Waals surface area contributed by atoms with Gasteiger partial charge in [-0.25, -0.2) is 0 Å². The van der Waals surface area contributed by atoms with Crippen LogP contribution in [0, 0.1) is 0 Å². The van der Waals surface area contributed by atoms with Crippen LogP contribution in [0.15, 0.2) is 24.3 Å². The van der Waals surface area contributed by atoms with Gasteiger partial charge in [0.2, 0.25) is 5.91 Å². The van der Waals surface area contributed by atoms with Crippen molar-refractivity contribution in [1.82, 2.24) is 5.32 Å². The maximum Gasteiger partial charge on any atom is 0.249 e. The lowest BCUT2D eigenvalue weighted by Gasteiger charge is -2.27. The first-order valence-electron chi connectivity index (χ1n) is 26.7. The molecule has 0 aliphatic rings. The third-order valence-corrected chi connectivity index (χ3v) is 12.6. The molecule has 0 aliphatic heterocycles. The van der Waals surface area contributed by atoms with Crippen LogP contribution >= 0.6 is 0 Å². The second-order valence-corrected chi connectivity index (χ2v) is 18.6. The maximum atomic E-state index is 12.6. The fourth-order valence-corrected chi connectivity index (χ4v) is 8.40. The van der Waals surface area contributed by atoms with Crippen molar-refractivity contribution in [2.75, 3.05) is 6.61 Å². The summed E-state index contributed by atoms with van der Waals surface area (Å²) in [4.78, 5) is 12.6. The predicted molar refractivity (Wildman–Crippen MR) is 261 cm³/mol. The molecule has 1 amide bonds. The number of carbonyl (C=O) groups is 1. The molecule has 4 atom stereocenters. The van der Waals surface area contributed by atoms with E-state index in [-0.39, 0.29) is 0 Å². The van der Waals surface area contributed by atoms with Crippen LogP contribution in [0.3, 0.4) is 0 Å². The van der Waals surface area contributed by atoms with Crippen molar-refractivity contribution >= 4 is 5.91 Å². The number of unbranched alkanes of at least 4 members (excludes halogenated alkanes) is 36. The Morgan fingerprint density at radius 3 is 1.00 bits per heavy atom. The SMILES string of the molecule is CCCCCCCCCCCCCC/C=C\CCCCCCCCCCCC(O)C(=O)NC(CO)C(O)C(O)CCC/C=C/CCCCCCCCCCCCCCCC. The average Bonchev–Trinajstić information content (AvgIpc) is 3.25. The standard InChI is InChI=1S/C54H105NO5/c1-3-5-7-9-11-13-15-17-19-21-23-24-25-26-27-28-30-32-34-36-38-40-42-44-46-48-52(58)54(60)55-50(49-56)53(59)51(57)47-45-43-41-39-37-35-33-31-29-22-20-18-16-14-12-10-8-6-4-2/h26-27,39,41,50-53,56-59H,3-25,28-38,40,42-49H2,1-2H3,(H,55,60)/b27-26-,41-39+. The monoisotopic (exact) mass is 848 g/mol. The highest BCUT2D eigenvalue weighted by atomic mass is 16.3. The van der Waals surface area contributed by atoms with Gasteiger partial charge < -0.3 is 25.7 Å². The predicted octanol–water partition coefficient (Wildman–Crippen LogP) is 15.1. The van der Waals surface area contributed by atoms with Crippen LogP contribution in [0.4, 0.5) is 0 Å². The minimum absolute atomic E-state index is 0.362. The summed E-state index contributed by atoms with van der Waals surface area (Å²) in [6.45, 7) is 4.07. The summed E-state index contributed by atoms with van der Waals surface area (Å²) in [5.74, 6) is -0.592. The molecule has 0 spiro atoms. The van der Waals surface area contributed by atoms with Crippen LogP contribution in [0.2, 0.25) is 0 Å². The van der Waals surface area contributed by atoms with Crippen LogP contribution in [0.25, 0.3) is 0 Å². The van der Waals surface area contributed by atoms with Crippen molar-refractivity contribution in [3.8, 4) is 0 Å². The summed E-state index contributed by atoms with van der Waals surface area (Å²) in [7, 11) is 0. The Morgan fingerprint density at radius 1 is 0.400 bits per heavy atom. The van der Waals surface area contributed by atoms with Gasteiger partial charge in [-0.1, -0.05) is 244 Å². The molecule has 0 heterocycles. The van der Waals surface area contributed by atoms with E-state index < -0.39 is 36.9 Å². The zero-order chi connectivity index (χ0) is 43.8. The van der Waals surface area contributed by atoms with Gasteiger partial charge >= 0.3 is 0 Å². The summed E-state index contributed by atoms with van der Waals surface area (Å²) in [6, 6.07) is -1.00. The molecule has 0 aromatic rings. The van der Waals surface area contributed by atoms with E-state index in [1.807, 2.05) is 0 Å². The van der Waals surface area contributed by atoms with E-state index in [4.69, 9.17) is 0 Å². The van der Waals surface area contributed by atoms with Gasteiger partial charge in [0.25, 0.3) is 0 Å². The van der Waals surface area contributed by atoms with E-state index >= 15 is 0 Å². The van der Waals surface area contributed by atoms with E-state index in [0.29, 0.717) is 12.8 Å². The summed E-state index contributed by atoms with van der Waals surface area (Å²) in [5, 5.41) is 43.9. The Morgan fingerprint density at radius 2 is 0.683 bits per heavy atom. The molecule has 0 fully saturated rings. The molecule has 0 bridgehead atoms. The van der Waals surface area contributed by atoms with Gasteiger partial charge in [0.05, 0.1) is 18.8 Å². The Kier molecular flexibility index (Phi) is 47.8. The molecule has 0 rings (SSSR count). The normalized spacial score (nSPS) is 14.0. The summed E-state index contributed by atoms with van der Waals surface area (Å²) in [6.07, 6.45) is 58.1. The number of hydrogen-bond donors (Lipinski definition) is 5. The molecule has 60 heavy (non-hydrogen) atoms. The smallest absolute Gasteiger partial charge is 0.249 e. The van der Waals surface area contributed by atoms with Gasteiger partial charge in [-0.15, -0.1) is 0 Å². The Bertz CT molecular complexity index is 909. The fourth-order valence-electron chi connectivity index (χ4n) is 8.40. The highest BCUT2D eigenvalue weighted by molar-refractivity contribution is 5.80. The number of aliphatic hydroxyl groups excluding tert-OH is 4. The highest BCUT2D eigenvalue weighted by Gasteiger charge is 2.28. The van der Waals surface area contributed by atoms with E-state index in [9.17, 15) is 25.2 Å². The molecule has 5 N–H and O–H groups in total. The van der Waals surface area contributed by atoms with Gasteiger partial charge in [-0.2, -0.15) is 0 Å². The van der Waals surface area contributed by atoms with Crippen molar-refractivity contribution in [1.29, 1.82) is 0 Å². The summed E-state index contributed by atoms with van der Waals surface area (Å²) in [5.41, 5.74) is 0. The molecule has 356 valence electrons. The largest absolute Gasteiger partial charge is 0.394 e. The van der Waals surface area contributed by atoms with Crippen molar-refractivity contribution < 1.29 is 25.2 Å². The fraction of sp³-hybridized carbons (Fsp3) is 0.907. The highest BCUT2D eigenvalue weighted by Crippen LogP contribution is 2.17. The molecule has 0 aromatic carbocycles. The Labute approximate surface area is 374 Å². The maximum absolute atomic E-state index is 12.6. The minimum atomic E-state index is -1.28. The molecule has 0 aliphatic carbocycles. The van der Waals surface area contributed by atoms with Crippen LogP contribution in [0.1, 0.15) is 284 Å². The number of aliphatic hydroxyl groups is 4. The average molecular weight is 848 g/mol. The second-order valence-electron chi connectivity index (χ2n) is 18.6. The van der Waals surface area contributed by atoms with Crippen molar-refractivity contribution in [2.24, 2.45) is 0 Å². The number of allylic oxidation sites excluding steroid dienone is 4. The molecule has 0 saturated carbocycles. The molecular weight excluding hydrogens is 743 g/mol. The number of nitrogens with one attached hydrogen (secondary N) is 1. The van der Waals surface area contributed by atoms with Crippen molar-refractivity contribution in [2.45, 2.75) is 308 Å². The zero-order valence-electron chi connectivity index (χ0n) is 40.2. The van der Waals surface area contributed by atoms with Crippen molar-refractivity contribution in [3.63, 3.8) is 0 Å². The molecule has 6 heteroatoms. The molecule has 6 nitrogen and oxygen atoms in total. The third-order valence-electron chi connectivity index (χ3n) is 12.6. The first kappa shape index (κ1) is 58.8. The first-order chi connectivity index (χ1) is 29.5. The number of hydrogen-bond acceptors (Lipinski definition) is 5. The molecule has 4 unspecified atom stereocenters. The molecular formula is C54H105NO5. The van der Waals surface area contributed by atoms with Crippen LogP contribution in [0.5, 0.6) is 0 Å². The first-order valence-corrected chi connectivity index (χ1v) is 26.7. The summed E-state index contributed by atoms with van der Waals surface area (Å²) < 4.78 is 0. The van der Waals surface area contributed by atoms with Crippen LogP contribution < -0.4 is 5.32 Å². The third kappa shape index (κ3) is 42.1. The lowest BCUT2D eigenvalue weighted by molar-refractivity contribution is -0.132. The Hall–Kier alpha value is -1.21. The molecule has 0 saturated heterocycles. The lowest BCUT2D eigenvalue weighted by atomic mass is 10.00. The zero-order valence-corrected chi connectivity index (χ0v) is 40.2. The number of amides is 1. The van der Waals surface area contributed by atoms with Crippen LogP contribution in [-0.2, 0) is 4.79 Å². The van der Waals surface area contributed by atoms with Gasteiger partial charge in [0.1, 0.15) is 12.2 Å². The number of rotatable bonds is 49. The molecule has 0 radical (unpaired) electrons. The van der Waals surface area contributed by atoms with E-state index in [2.05, 4.69) is 43.5 Å². The quantitative estimate of drug-likeness (QED) is 0.0309. The van der Waals surface area contributed by atoms with Crippen molar-refractivity contribution in [3.05, 3.63) is 24.3 Å². The van der Waals surface area contributed by atoms with E-state index in [0.717, 1.165) is 38.5 Å². The van der Waals surface area contributed by atoms with Gasteiger partial charge in [0, 0.05) is 0 Å². The molecule has 0 aromatic heterocycles. The second kappa shape index (κ2) is 48.8. The van der Waals surface area contributed by atoms with E-state index in [1.54, 1.807) is 0 Å². The topological polar surface area (TPSA) is 110 Å². The van der Waals surface area contributed by atoms with E-state index in [1.165, 1.54) is 218 Å². The minimum Gasteiger partial charge on any atom is -0.394 e.